The number of hydrogen-bond donors (Lipinski definition) is 2. The first-order valence-corrected chi connectivity index (χ1v) is 6.66. The summed E-state index contributed by atoms with van der Waals surface area (Å²) in [6.45, 7) is 4.03. The summed E-state index contributed by atoms with van der Waals surface area (Å²) in [4.78, 5) is 0. The van der Waals surface area contributed by atoms with E-state index < -0.39 is 5.60 Å². The lowest BCUT2D eigenvalue weighted by molar-refractivity contribution is 0.0495. The molecule has 3 rings (SSSR count). The molecule has 0 saturated carbocycles. The van der Waals surface area contributed by atoms with Crippen LogP contribution >= 0.6 is 0 Å². The van der Waals surface area contributed by atoms with E-state index in [1.165, 1.54) is 5.56 Å². The van der Waals surface area contributed by atoms with Gasteiger partial charge in [-0.05, 0) is 25.0 Å². The van der Waals surface area contributed by atoms with Gasteiger partial charge in [0.05, 0.1) is 11.6 Å². The molecule has 0 amide bonds. The summed E-state index contributed by atoms with van der Waals surface area (Å²) in [7, 11) is 0. The van der Waals surface area contributed by atoms with E-state index in [4.69, 9.17) is 0 Å². The van der Waals surface area contributed by atoms with Crippen LogP contribution in [-0.4, -0.2) is 11.1 Å². The molecule has 98 valence electrons. The van der Waals surface area contributed by atoms with Gasteiger partial charge in [0.25, 0.3) is 0 Å². The molecule has 0 bridgehead atoms. The SMILES string of the molecule is C[C@](O)(c1ccccc1)[C@@H]1N[C@@]1(C)c1ccccc1. The minimum absolute atomic E-state index is 0.0322. The molecule has 1 aliphatic heterocycles. The van der Waals surface area contributed by atoms with Crippen LogP contribution in [0.5, 0.6) is 0 Å². The van der Waals surface area contributed by atoms with Crippen LogP contribution in [0.25, 0.3) is 0 Å². The third-order valence-corrected chi connectivity index (χ3v) is 4.23. The summed E-state index contributed by atoms with van der Waals surface area (Å²) < 4.78 is 0. The van der Waals surface area contributed by atoms with Crippen molar-refractivity contribution in [3.05, 3.63) is 71.8 Å². The van der Waals surface area contributed by atoms with Gasteiger partial charge in [-0.15, -0.1) is 0 Å². The highest BCUT2D eigenvalue weighted by Crippen LogP contribution is 2.46. The Labute approximate surface area is 114 Å². The molecule has 0 unspecified atom stereocenters. The Morgan fingerprint density at radius 2 is 1.53 bits per heavy atom. The summed E-state index contributed by atoms with van der Waals surface area (Å²) in [5.41, 5.74) is 1.15. The highest BCUT2D eigenvalue weighted by atomic mass is 16.3. The fourth-order valence-electron chi connectivity index (χ4n) is 2.94. The number of nitrogens with one attached hydrogen (secondary N) is 1. The van der Waals surface area contributed by atoms with Crippen LogP contribution in [0.3, 0.4) is 0 Å². The number of aliphatic hydroxyl groups is 1. The van der Waals surface area contributed by atoms with Gasteiger partial charge in [0.2, 0.25) is 0 Å². The molecular weight excluding hydrogens is 234 g/mol. The highest BCUT2D eigenvalue weighted by molar-refractivity contribution is 5.39. The summed E-state index contributed by atoms with van der Waals surface area (Å²) in [6, 6.07) is 20.2. The van der Waals surface area contributed by atoms with Gasteiger partial charge in [-0.2, -0.15) is 0 Å². The minimum atomic E-state index is -0.869. The van der Waals surface area contributed by atoms with Crippen LogP contribution in [0, 0.1) is 0 Å². The van der Waals surface area contributed by atoms with Crippen LogP contribution in [0.1, 0.15) is 25.0 Å². The van der Waals surface area contributed by atoms with Gasteiger partial charge < -0.3 is 5.11 Å². The van der Waals surface area contributed by atoms with Crippen molar-refractivity contribution in [3.8, 4) is 0 Å². The second-order valence-electron chi connectivity index (χ2n) is 5.66. The molecule has 1 aliphatic rings. The molecule has 2 aromatic carbocycles. The molecule has 0 aromatic heterocycles. The zero-order chi connectivity index (χ0) is 13.5. The third-order valence-electron chi connectivity index (χ3n) is 4.23. The summed E-state index contributed by atoms with van der Waals surface area (Å²) in [5, 5.41) is 14.3. The topological polar surface area (TPSA) is 42.2 Å². The van der Waals surface area contributed by atoms with E-state index in [1.54, 1.807) is 0 Å². The summed E-state index contributed by atoms with van der Waals surface area (Å²) in [5.74, 6) is 0. The molecule has 2 N–H and O–H groups in total. The third kappa shape index (κ3) is 1.97. The Bertz CT molecular complexity index is 564. The van der Waals surface area contributed by atoms with E-state index in [0.717, 1.165) is 5.56 Å². The minimum Gasteiger partial charge on any atom is -0.384 e. The van der Waals surface area contributed by atoms with Gasteiger partial charge >= 0.3 is 0 Å². The predicted octanol–water partition coefficient (Wildman–Crippen LogP) is 2.78. The smallest absolute Gasteiger partial charge is 0.104 e. The van der Waals surface area contributed by atoms with Crippen molar-refractivity contribution in [1.82, 2.24) is 5.32 Å². The molecule has 2 heteroatoms. The zero-order valence-electron chi connectivity index (χ0n) is 11.3. The van der Waals surface area contributed by atoms with Crippen LogP contribution in [-0.2, 0) is 11.1 Å². The zero-order valence-corrected chi connectivity index (χ0v) is 11.3. The number of benzene rings is 2. The summed E-state index contributed by atoms with van der Waals surface area (Å²) in [6.07, 6.45) is 0. The van der Waals surface area contributed by atoms with Gasteiger partial charge in [0, 0.05) is 0 Å². The van der Waals surface area contributed by atoms with Crippen molar-refractivity contribution in [2.24, 2.45) is 0 Å². The second-order valence-corrected chi connectivity index (χ2v) is 5.66. The van der Waals surface area contributed by atoms with Crippen molar-refractivity contribution >= 4 is 0 Å². The van der Waals surface area contributed by atoms with Crippen LogP contribution < -0.4 is 5.32 Å². The van der Waals surface area contributed by atoms with Crippen LogP contribution in [0.15, 0.2) is 60.7 Å². The Morgan fingerprint density at radius 3 is 2.11 bits per heavy atom. The first kappa shape index (κ1) is 12.4. The Balaban J connectivity index is 1.90. The lowest BCUT2D eigenvalue weighted by atomic mass is 9.84. The molecule has 2 nitrogen and oxygen atoms in total. The summed E-state index contributed by atoms with van der Waals surface area (Å²) >= 11 is 0. The van der Waals surface area contributed by atoms with Crippen molar-refractivity contribution in [3.63, 3.8) is 0 Å². The van der Waals surface area contributed by atoms with Crippen LogP contribution in [0.4, 0.5) is 0 Å². The van der Waals surface area contributed by atoms with E-state index in [9.17, 15) is 5.11 Å². The van der Waals surface area contributed by atoms with Crippen LogP contribution in [0.2, 0.25) is 0 Å². The van der Waals surface area contributed by atoms with E-state index in [-0.39, 0.29) is 11.6 Å². The maximum absolute atomic E-state index is 10.9. The lowest BCUT2D eigenvalue weighted by Gasteiger charge is -2.25. The molecule has 1 heterocycles. The molecule has 0 spiro atoms. The maximum Gasteiger partial charge on any atom is 0.104 e. The quantitative estimate of drug-likeness (QED) is 0.826. The Kier molecular flexibility index (Phi) is 2.73. The van der Waals surface area contributed by atoms with Gasteiger partial charge in [0.15, 0.2) is 0 Å². The van der Waals surface area contributed by atoms with Gasteiger partial charge in [-0.3, -0.25) is 5.32 Å². The standard InChI is InChI=1S/C17H19NO/c1-16(13-9-5-3-6-10-13)15(18-16)17(2,19)14-11-7-4-8-12-14/h3-12,15,18-19H,1-2H3/t15-,16+,17+/m1/s1. The molecule has 0 radical (unpaired) electrons. The lowest BCUT2D eigenvalue weighted by Crippen LogP contribution is -2.32. The molecule has 3 atom stereocenters. The van der Waals surface area contributed by atoms with Gasteiger partial charge in [0.1, 0.15) is 5.60 Å². The number of rotatable bonds is 3. The van der Waals surface area contributed by atoms with Crippen molar-refractivity contribution < 1.29 is 5.11 Å². The van der Waals surface area contributed by atoms with Crippen molar-refractivity contribution in [1.29, 1.82) is 0 Å². The first-order chi connectivity index (χ1) is 9.05. The van der Waals surface area contributed by atoms with Gasteiger partial charge in [-0.25, -0.2) is 0 Å². The van der Waals surface area contributed by atoms with E-state index in [1.807, 2.05) is 55.5 Å². The Hall–Kier alpha value is -1.64. The maximum atomic E-state index is 10.9. The monoisotopic (exact) mass is 253 g/mol. The average molecular weight is 253 g/mol. The Morgan fingerprint density at radius 1 is 1.00 bits per heavy atom. The molecule has 0 aliphatic carbocycles. The second kappa shape index (κ2) is 4.19. The molecule has 19 heavy (non-hydrogen) atoms. The molecule has 1 fully saturated rings. The highest BCUT2D eigenvalue weighted by Gasteiger charge is 2.59. The fourth-order valence-corrected chi connectivity index (χ4v) is 2.94. The van der Waals surface area contributed by atoms with E-state index >= 15 is 0 Å². The normalized spacial score (nSPS) is 28.7. The van der Waals surface area contributed by atoms with Gasteiger partial charge in [-0.1, -0.05) is 60.7 Å². The largest absolute Gasteiger partial charge is 0.384 e. The fraction of sp³-hybridized carbons (Fsp3) is 0.294. The molecule has 1 saturated heterocycles. The predicted molar refractivity (Wildman–Crippen MR) is 76.7 cm³/mol. The van der Waals surface area contributed by atoms with E-state index in [0.29, 0.717) is 0 Å². The van der Waals surface area contributed by atoms with E-state index in [2.05, 4.69) is 24.4 Å². The van der Waals surface area contributed by atoms with Crippen molar-refractivity contribution in [2.75, 3.05) is 0 Å². The first-order valence-electron chi connectivity index (χ1n) is 6.66. The van der Waals surface area contributed by atoms with Crippen molar-refractivity contribution in [2.45, 2.75) is 31.0 Å². The molecular formula is C17H19NO. The number of hydrogen-bond acceptors (Lipinski definition) is 2. The molecule has 2 aromatic rings. The average Bonchev–Trinajstić information content (AvgIpc) is 3.16.